The Morgan fingerprint density at radius 3 is 2.13 bits per heavy atom. The number of aliphatic hydroxyl groups is 1. The maximum absolute atomic E-state index is 14.2. The first-order valence-corrected chi connectivity index (χ1v) is 21.3. The summed E-state index contributed by atoms with van der Waals surface area (Å²) in [4.78, 5) is 100. The van der Waals surface area contributed by atoms with Crippen molar-refractivity contribution < 1.29 is 48.1 Å². The number of nitrogens with one attached hydrogen (secondary N) is 2. The van der Waals surface area contributed by atoms with E-state index in [0.29, 0.717) is 25.7 Å². The van der Waals surface area contributed by atoms with E-state index >= 15 is 0 Å². The number of rotatable bonds is 11. The summed E-state index contributed by atoms with van der Waals surface area (Å²) < 4.78 is 11.7. The van der Waals surface area contributed by atoms with E-state index in [4.69, 9.17) is 15.9 Å². The zero-order valence-corrected chi connectivity index (χ0v) is 37.9. The molecule has 9 atom stereocenters. The van der Waals surface area contributed by atoms with Crippen LogP contribution in [0.2, 0.25) is 0 Å². The third kappa shape index (κ3) is 15.6. The van der Waals surface area contributed by atoms with Gasteiger partial charge in [-0.25, -0.2) is 9.59 Å². The average molecular weight is 852 g/mol. The van der Waals surface area contributed by atoms with Crippen LogP contribution in [0.1, 0.15) is 99.5 Å². The molecule has 1 aliphatic rings. The van der Waals surface area contributed by atoms with Gasteiger partial charge in [-0.3, -0.25) is 24.0 Å². The van der Waals surface area contributed by atoms with Crippen molar-refractivity contribution in [3.05, 3.63) is 47.5 Å². The van der Waals surface area contributed by atoms with Gasteiger partial charge < -0.3 is 39.9 Å². The third-order valence-corrected chi connectivity index (χ3v) is 11.4. The van der Waals surface area contributed by atoms with Crippen molar-refractivity contribution in [1.82, 2.24) is 25.3 Å². The summed E-state index contributed by atoms with van der Waals surface area (Å²) in [5.74, 6) is -3.25. The Balaban J connectivity index is 2.67. The van der Waals surface area contributed by atoms with Crippen molar-refractivity contribution in [3.8, 4) is 12.3 Å². The summed E-state index contributed by atoms with van der Waals surface area (Å²) in [6.45, 7) is 13.0. The van der Waals surface area contributed by atoms with Gasteiger partial charge in [0.1, 0.15) is 30.3 Å². The summed E-state index contributed by atoms with van der Waals surface area (Å²) in [6, 6.07) is 4.55. The van der Waals surface area contributed by atoms with E-state index in [2.05, 4.69) is 16.6 Å². The number of amides is 5. The molecule has 1 aliphatic heterocycles. The number of carbonyl (C=O) groups is 7. The Morgan fingerprint density at radius 2 is 1.54 bits per heavy atom. The molecule has 0 bridgehead atoms. The largest absolute Gasteiger partial charge is 0.460 e. The normalized spacial score (nSPS) is 26.2. The Kier molecular flexibility index (Phi) is 21.2. The highest BCUT2D eigenvalue weighted by atomic mass is 16.6. The number of nitrogens with zero attached hydrogens (tertiary/aromatic N) is 3. The lowest BCUT2D eigenvalue weighted by Gasteiger charge is -2.34. The SMILES string of the molecule is C#CCCC[C@@H](O)[C@@H](C)[C@@H]1C/C=C(\C)C(=O)O[C@H](CC(C)C)C(=O)N[C@@H](C)C(=O)N(C)[C@H](Cc2ccccc2)C(=O)N(C)CC(=O)N[C@@H]([C@H](C)CC)C(=O)N(C)[C@@H](C)C(=O)O1. The maximum atomic E-state index is 14.2. The molecule has 61 heavy (non-hydrogen) atoms. The monoisotopic (exact) mass is 852 g/mol. The first-order valence-electron chi connectivity index (χ1n) is 21.3. The van der Waals surface area contributed by atoms with Gasteiger partial charge in [0.05, 0.1) is 12.6 Å². The van der Waals surface area contributed by atoms with Crippen LogP contribution in [-0.2, 0) is 49.5 Å². The van der Waals surface area contributed by atoms with Gasteiger partial charge in [-0.15, -0.1) is 12.3 Å². The number of hydrogen-bond acceptors (Lipinski definition) is 10. The first-order chi connectivity index (χ1) is 28.6. The molecule has 0 aromatic heterocycles. The van der Waals surface area contributed by atoms with Crippen LogP contribution >= 0.6 is 0 Å². The summed E-state index contributed by atoms with van der Waals surface area (Å²) in [5, 5.41) is 16.5. The van der Waals surface area contributed by atoms with Gasteiger partial charge in [0.2, 0.25) is 23.6 Å². The Labute approximate surface area is 362 Å². The molecule has 0 aliphatic carbocycles. The molecule has 338 valence electrons. The molecular formula is C46H69N5O10. The summed E-state index contributed by atoms with van der Waals surface area (Å²) >= 11 is 0. The van der Waals surface area contributed by atoms with Crippen LogP contribution in [0.15, 0.2) is 42.0 Å². The lowest BCUT2D eigenvalue weighted by Crippen LogP contribution is -2.58. The molecule has 1 aromatic rings. The lowest BCUT2D eigenvalue weighted by molar-refractivity contribution is -0.162. The number of terminal acetylenes is 1. The predicted octanol–water partition coefficient (Wildman–Crippen LogP) is 3.42. The van der Waals surface area contributed by atoms with Gasteiger partial charge in [0.15, 0.2) is 6.10 Å². The predicted molar refractivity (Wildman–Crippen MR) is 231 cm³/mol. The van der Waals surface area contributed by atoms with Crippen LogP contribution in [0.3, 0.4) is 0 Å². The van der Waals surface area contributed by atoms with Crippen LogP contribution in [0.5, 0.6) is 0 Å². The zero-order valence-electron chi connectivity index (χ0n) is 37.9. The molecule has 0 saturated heterocycles. The molecule has 1 heterocycles. The molecule has 15 nitrogen and oxygen atoms in total. The fourth-order valence-electron chi connectivity index (χ4n) is 6.85. The Morgan fingerprint density at radius 1 is 0.902 bits per heavy atom. The first kappa shape index (κ1) is 51.9. The van der Waals surface area contributed by atoms with E-state index in [1.54, 1.807) is 38.1 Å². The van der Waals surface area contributed by atoms with Crippen molar-refractivity contribution in [2.24, 2.45) is 17.8 Å². The molecule has 2 rings (SSSR count). The van der Waals surface area contributed by atoms with E-state index in [1.807, 2.05) is 26.8 Å². The number of aliphatic hydroxyl groups excluding tert-OH is 1. The van der Waals surface area contributed by atoms with Gasteiger partial charge in [-0.05, 0) is 57.4 Å². The number of ether oxygens (including phenoxy) is 2. The quantitative estimate of drug-likeness (QED) is 0.169. The molecule has 1 aromatic carbocycles. The number of carbonyl (C=O) groups excluding carboxylic acids is 7. The highest BCUT2D eigenvalue weighted by Crippen LogP contribution is 2.23. The molecule has 0 radical (unpaired) electrons. The summed E-state index contributed by atoms with van der Waals surface area (Å²) in [7, 11) is 4.29. The van der Waals surface area contributed by atoms with Crippen LogP contribution in [0, 0.1) is 30.1 Å². The smallest absolute Gasteiger partial charge is 0.334 e. The molecule has 5 amide bonds. The molecular weight excluding hydrogens is 783 g/mol. The van der Waals surface area contributed by atoms with Crippen LogP contribution < -0.4 is 10.6 Å². The number of unbranched alkanes of at least 4 members (excludes halogenated alkanes) is 1. The Bertz CT molecular complexity index is 1740. The van der Waals surface area contributed by atoms with Crippen molar-refractivity contribution in [2.45, 2.75) is 143 Å². The topological polar surface area (TPSA) is 192 Å². The van der Waals surface area contributed by atoms with E-state index in [-0.39, 0.29) is 36.7 Å². The van der Waals surface area contributed by atoms with Crippen LogP contribution in [-0.4, -0.2) is 131 Å². The van der Waals surface area contributed by atoms with Gasteiger partial charge in [-0.2, -0.15) is 0 Å². The van der Waals surface area contributed by atoms with Gasteiger partial charge in [0, 0.05) is 51.9 Å². The third-order valence-electron chi connectivity index (χ3n) is 11.4. The van der Waals surface area contributed by atoms with E-state index < -0.39 is 96.4 Å². The van der Waals surface area contributed by atoms with E-state index in [9.17, 15) is 38.7 Å². The molecule has 0 fully saturated rings. The summed E-state index contributed by atoms with van der Waals surface area (Å²) in [5.41, 5.74) is 0.847. The molecule has 0 unspecified atom stereocenters. The number of cyclic esters (lactones) is 2. The van der Waals surface area contributed by atoms with Gasteiger partial charge in [0.25, 0.3) is 5.91 Å². The standard InChI is InChI=1S/C46H69N5O10/c1-13-15-17-22-36(52)31(7)37-24-23-30(6)45(58)61-38(25-28(3)4)41(54)47-32(8)42(55)51(12)35(26-34-20-18-16-19-21-34)43(56)49(10)27-39(53)48-40(29(5)14-2)44(57)50(11)33(9)46(59)60-37/h1,16,18-21,23,28-29,31-33,35-38,40,52H,14-15,17,22,24-27H2,2-12H3,(H,47,54)(H,48,53)/b30-23+/t29-,31-,32+,33+,35-,36-,37+,38-,40+/m1/s1. The van der Waals surface area contributed by atoms with Gasteiger partial charge >= 0.3 is 11.9 Å². The van der Waals surface area contributed by atoms with E-state index in [1.165, 1.54) is 62.7 Å². The average Bonchev–Trinajstić information content (AvgIpc) is 3.23. The second kappa shape index (κ2) is 24.9. The highest BCUT2D eigenvalue weighted by Gasteiger charge is 2.38. The molecule has 3 N–H and O–H groups in total. The second-order valence-corrected chi connectivity index (χ2v) is 16.8. The van der Waals surface area contributed by atoms with Crippen molar-refractivity contribution in [1.29, 1.82) is 0 Å². The van der Waals surface area contributed by atoms with E-state index in [0.717, 1.165) is 5.56 Å². The van der Waals surface area contributed by atoms with Crippen LogP contribution in [0.25, 0.3) is 0 Å². The molecule has 0 saturated carbocycles. The fraction of sp³-hybridized carbons (Fsp3) is 0.630. The molecule has 15 heteroatoms. The van der Waals surface area contributed by atoms with Crippen molar-refractivity contribution >= 4 is 41.5 Å². The molecule has 0 spiro atoms. The van der Waals surface area contributed by atoms with Crippen molar-refractivity contribution in [2.75, 3.05) is 27.7 Å². The number of hydrogen-bond donors (Lipinski definition) is 3. The lowest BCUT2D eigenvalue weighted by atomic mass is 9.91. The van der Waals surface area contributed by atoms with Crippen molar-refractivity contribution in [3.63, 3.8) is 0 Å². The minimum absolute atomic E-state index is 0.0225. The number of likely N-dealkylation sites (N-methyl/N-ethyl adjacent to an activating group) is 3. The summed E-state index contributed by atoms with van der Waals surface area (Å²) in [6.07, 6.45) is 5.71. The maximum Gasteiger partial charge on any atom is 0.334 e. The minimum atomic E-state index is -1.29. The number of benzene rings is 1. The fourth-order valence-corrected chi connectivity index (χ4v) is 6.85. The second-order valence-electron chi connectivity index (χ2n) is 16.8. The van der Waals surface area contributed by atoms with Gasteiger partial charge in [-0.1, -0.05) is 77.4 Å². The Hall–Kier alpha value is -5.23. The number of esters is 2. The minimum Gasteiger partial charge on any atom is -0.460 e. The van der Waals surface area contributed by atoms with Crippen LogP contribution in [0.4, 0.5) is 0 Å². The highest BCUT2D eigenvalue weighted by molar-refractivity contribution is 5.96. The zero-order chi connectivity index (χ0) is 46.1.